The minimum absolute atomic E-state index is 0.0395. The number of piperidine rings is 1. The molecule has 1 aliphatic rings. The number of benzene rings is 2. The van der Waals surface area contributed by atoms with E-state index in [0.717, 1.165) is 43.7 Å². The summed E-state index contributed by atoms with van der Waals surface area (Å²) in [6.45, 7) is 2.66. The van der Waals surface area contributed by atoms with E-state index in [1.165, 1.54) is 0 Å². The zero-order valence-corrected chi connectivity index (χ0v) is 19.3. The summed E-state index contributed by atoms with van der Waals surface area (Å²) in [6, 6.07) is 18.9. The standard InChI is InChI=1S/C26H31N5O3/c27-14-5-15-31(23-8-2-1-3-9-23)25(33)11-10-24(32)29-22-7-4-6-20(18-22)19-30-16-12-21(13-17-30)26(28)34/h1-4,6-9,18,21H,5,10-13,15-17,19H2,(H2,28,34)(H,29,32). The maximum absolute atomic E-state index is 12.7. The number of nitrogens with one attached hydrogen (secondary N) is 1. The van der Waals surface area contributed by atoms with Gasteiger partial charge in [0.05, 0.1) is 12.5 Å². The van der Waals surface area contributed by atoms with Crippen LogP contribution in [0.3, 0.4) is 0 Å². The van der Waals surface area contributed by atoms with Gasteiger partial charge >= 0.3 is 0 Å². The van der Waals surface area contributed by atoms with Gasteiger partial charge in [-0.25, -0.2) is 0 Å². The van der Waals surface area contributed by atoms with E-state index in [2.05, 4.69) is 16.3 Å². The number of rotatable bonds is 10. The number of likely N-dealkylation sites (tertiary alicyclic amines) is 1. The van der Waals surface area contributed by atoms with Gasteiger partial charge in [-0.2, -0.15) is 5.26 Å². The number of nitrogens with two attached hydrogens (primary N) is 1. The van der Waals surface area contributed by atoms with E-state index in [1.54, 1.807) is 4.90 Å². The van der Waals surface area contributed by atoms with Crippen LogP contribution in [-0.2, 0) is 20.9 Å². The molecule has 2 aromatic rings. The Kier molecular flexibility index (Phi) is 9.18. The van der Waals surface area contributed by atoms with Crippen LogP contribution < -0.4 is 16.0 Å². The van der Waals surface area contributed by atoms with Crippen molar-refractivity contribution in [3.8, 4) is 6.07 Å². The number of anilines is 2. The van der Waals surface area contributed by atoms with Gasteiger partial charge in [0, 0.05) is 43.2 Å². The molecule has 0 bridgehead atoms. The van der Waals surface area contributed by atoms with Gasteiger partial charge in [0.1, 0.15) is 0 Å². The highest BCUT2D eigenvalue weighted by Gasteiger charge is 2.23. The summed E-state index contributed by atoms with van der Waals surface area (Å²) in [5, 5.41) is 11.8. The van der Waals surface area contributed by atoms with Crippen molar-refractivity contribution >= 4 is 29.1 Å². The van der Waals surface area contributed by atoms with E-state index in [1.807, 2.05) is 54.6 Å². The molecule has 1 saturated heterocycles. The summed E-state index contributed by atoms with van der Waals surface area (Å²) in [5.74, 6) is -0.687. The van der Waals surface area contributed by atoms with E-state index in [-0.39, 0.29) is 42.9 Å². The van der Waals surface area contributed by atoms with E-state index in [0.29, 0.717) is 12.2 Å². The fraction of sp³-hybridized carbons (Fsp3) is 0.385. The van der Waals surface area contributed by atoms with Crippen molar-refractivity contribution in [3.63, 3.8) is 0 Å². The molecule has 0 aliphatic carbocycles. The van der Waals surface area contributed by atoms with Gasteiger partial charge in [-0.15, -0.1) is 0 Å². The monoisotopic (exact) mass is 461 g/mol. The number of hydrogen-bond acceptors (Lipinski definition) is 5. The minimum atomic E-state index is -0.235. The maximum Gasteiger partial charge on any atom is 0.227 e. The molecule has 0 saturated carbocycles. The first-order valence-electron chi connectivity index (χ1n) is 11.6. The highest BCUT2D eigenvalue weighted by Crippen LogP contribution is 2.20. The topological polar surface area (TPSA) is 120 Å². The Morgan fingerprint density at radius 1 is 1.06 bits per heavy atom. The van der Waals surface area contributed by atoms with Crippen LogP contribution in [0.25, 0.3) is 0 Å². The second kappa shape index (κ2) is 12.5. The molecule has 0 radical (unpaired) electrons. The SMILES string of the molecule is N#CCCN(C(=O)CCC(=O)Nc1cccc(CN2CCC(C(N)=O)CC2)c1)c1ccccc1. The summed E-state index contributed by atoms with van der Waals surface area (Å²) in [6.07, 6.45) is 1.88. The van der Waals surface area contributed by atoms with Crippen LogP contribution in [0.4, 0.5) is 11.4 Å². The first kappa shape index (κ1) is 24.9. The molecule has 2 aromatic carbocycles. The van der Waals surface area contributed by atoms with Gasteiger partial charge in [0.15, 0.2) is 0 Å². The summed E-state index contributed by atoms with van der Waals surface area (Å²) in [7, 11) is 0. The largest absolute Gasteiger partial charge is 0.369 e. The van der Waals surface area contributed by atoms with Crippen LogP contribution in [-0.4, -0.2) is 42.3 Å². The Balaban J connectivity index is 1.50. The zero-order valence-electron chi connectivity index (χ0n) is 19.3. The molecule has 3 rings (SSSR count). The number of hydrogen-bond donors (Lipinski definition) is 2. The number of nitrogens with zero attached hydrogens (tertiary/aromatic N) is 3. The quantitative estimate of drug-likeness (QED) is 0.564. The molecule has 1 aliphatic heterocycles. The molecule has 178 valence electrons. The Morgan fingerprint density at radius 2 is 1.79 bits per heavy atom. The number of primary amides is 1. The number of nitriles is 1. The van der Waals surface area contributed by atoms with Crippen molar-refractivity contribution in [1.82, 2.24) is 4.90 Å². The number of amides is 3. The lowest BCUT2D eigenvalue weighted by Crippen LogP contribution is -2.38. The van der Waals surface area contributed by atoms with E-state index < -0.39 is 0 Å². The fourth-order valence-corrected chi connectivity index (χ4v) is 4.13. The highest BCUT2D eigenvalue weighted by molar-refractivity contribution is 5.98. The third-order valence-corrected chi connectivity index (χ3v) is 5.99. The second-order valence-corrected chi connectivity index (χ2v) is 8.49. The smallest absolute Gasteiger partial charge is 0.227 e. The molecule has 0 unspecified atom stereocenters. The average molecular weight is 462 g/mol. The van der Waals surface area contributed by atoms with E-state index in [9.17, 15) is 14.4 Å². The molecule has 1 heterocycles. The summed E-state index contributed by atoms with van der Waals surface area (Å²) >= 11 is 0. The van der Waals surface area contributed by atoms with Crippen molar-refractivity contribution in [1.29, 1.82) is 5.26 Å². The lowest BCUT2D eigenvalue weighted by molar-refractivity contribution is -0.123. The van der Waals surface area contributed by atoms with Gasteiger partial charge in [0.25, 0.3) is 0 Å². The van der Waals surface area contributed by atoms with Crippen molar-refractivity contribution in [2.75, 3.05) is 29.9 Å². The number of carbonyl (C=O) groups excluding carboxylic acids is 3. The molecular formula is C26H31N5O3. The number of para-hydroxylation sites is 1. The molecule has 8 heteroatoms. The maximum atomic E-state index is 12.7. The molecule has 8 nitrogen and oxygen atoms in total. The zero-order chi connectivity index (χ0) is 24.3. The van der Waals surface area contributed by atoms with Crippen LogP contribution in [0, 0.1) is 17.2 Å². The molecule has 0 aromatic heterocycles. The molecule has 1 fully saturated rings. The Bertz CT molecular complexity index is 1030. The van der Waals surface area contributed by atoms with Gasteiger partial charge < -0.3 is 16.0 Å². The number of carbonyl (C=O) groups is 3. The van der Waals surface area contributed by atoms with Gasteiger partial charge in [-0.3, -0.25) is 19.3 Å². The second-order valence-electron chi connectivity index (χ2n) is 8.49. The van der Waals surface area contributed by atoms with Gasteiger partial charge in [0.2, 0.25) is 17.7 Å². The summed E-state index contributed by atoms with van der Waals surface area (Å²) in [5.41, 5.74) is 7.88. The lowest BCUT2D eigenvalue weighted by atomic mass is 9.96. The van der Waals surface area contributed by atoms with Crippen molar-refractivity contribution in [2.24, 2.45) is 11.7 Å². The Labute approximate surface area is 200 Å². The van der Waals surface area contributed by atoms with Gasteiger partial charge in [-0.05, 0) is 55.8 Å². The molecule has 0 atom stereocenters. The van der Waals surface area contributed by atoms with Crippen LogP contribution in [0.5, 0.6) is 0 Å². The fourth-order valence-electron chi connectivity index (χ4n) is 4.13. The van der Waals surface area contributed by atoms with Crippen LogP contribution in [0.15, 0.2) is 54.6 Å². The van der Waals surface area contributed by atoms with Crippen LogP contribution in [0.1, 0.15) is 37.7 Å². The van der Waals surface area contributed by atoms with Gasteiger partial charge in [-0.1, -0.05) is 30.3 Å². The molecule has 0 spiro atoms. The third kappa shape index (κ3) is 7.42. The summed E-state index contributed by atoms with van der Waals surface area (Å²) < 4.78 is 0. The molecule has 3 N–H and O–H groups in total. The normalized spacial score (nSPS) is 14.2. The molecular weight excluding hydrogens is 430 g/mol. The average Bonchev–Trinajstić information content (AvgIpc) is 2.84. The summed E-state index contributed by atoms with van der Waals surface area (Å²) in [4.78, 5) is 40.4. The highest BCUT2D eigenvalue weighted by atomic mass is 16.2. The van der Waals surface area contributed by atoms with Crippen molar-refractivity contribution in [2.45, 2.75) is 38.6 Å². The Morgan fingerprint density at radius 3 is 2.47 bits per heavy atom. The minimum Gasteiger partial charge on any atom is -0.369 e. The first-order chi connectivity index (χ1) is 16.5. The van der Waals surface area contributed by atoms with Crippen molar-refractivity contribution < 1.29 is 14.4 Å². The van der Waals surface area contributed by atoms with E-state index in [4.69, 9.17) is 11.0 Å². The third-order valence-electron chi connectivity index (χ3n) is 5.99. The first-order valence-corrected chi connectivity index (χ1v) is 11.6. The lowest BCUT2D eigenvalue weighted by Gasteiger charge is -2.30. The van der Waals surface area contributed by atoms with E-state index >= 15 is 0 Å². The predicted molar refractivity (Wildman–Crippen MR) is 131 cm³/mol. The molecule has 3 amide bonds. The Hall–Kier alpha value is -3.70. The van der Waals surface area contributed by atoms with Crippen LogP contribution in [0.2, 0.25) is 0 Å². The molecule has 34 heavy (non-hydrogen) atoms. The predicted octanol–water partition coefficient (Wildman–Crippen LogP) is 3.05. The van der Waals surface area contributed by atoms with Crippen LogP contribution >= 0.6 is 0 Å². The van der Waals surface area contributed by atoms with Crippen molar-refractivity contribution in [3.05, 3.63) is 60.2 Å².